The Morgan fingerprint density at radius 2 is 2.42 bits per heavy atom. The van der Waals surface area contributed by atoms with Crippen molar-refractivity contribution in [1.82, 2.24) is 0 Å². The minimum atomic E-state index is -0.941. The smallest absolute Gasteiger partial charge is 0.258 e. The number of nitro benzene ring substituents is 1. The van der Waals surface area contributed by atoms with Crippen LogP contribution in [0.15, 0.2) is 18.1 Å². The highest BCUT2D eigenvalue weighted by Crippen LogP contribution is 2.24. The summed E-state index contributed by atoms with van der Waals surface area (Å²) in [6.45, 7) is 0. The van der Waals surface area contributed by atoms with Gasteiger partial charge in [0.15, 0.2) is 0 Å². The molecule has 0 fully saturated rings. The van der Waals surface area contributed by atoms with Crippen LogP contribution in [0, 0.1) is 21.4 Å². The van der Waals surface area contributed by atoms with Gasteiger partial charge in [-0.1, -0.05) is 11.6 Å². The first-order valence-corrected chi connectivity index (χ1v) is 3.13. The van der Waals surface area contributed by atoms with E-state index in [0.717, 1.165) is 0 Å². The molecule has 1 aromatic rings. The Balaban J connectivity index is 3.78. The first-order chi connectivity index (χ1) is 6.91. The van der Waals surface area contributed by atoms with E-state index < -0.39 is 39.3 Å². The van der Waals surface area contributed by atoms with Gasteiger partial charge in [0.2, 0.25) is 0 Å². The number of halogens is 1. The van der Waals surface area contributed by atoms with Crippen molar-refractivity contribution in [2.45, 2.75) is 0 Å². The summed E-state index contributed by atoms with van der Waals surface area (Å²) >= 11 is 5.45. The molecular formula is C7H3ClN2O2. The van der Waals surface area contributed by atoms with E-state index in [2.05, 4.69) is 0 Å². The van der Waals surface area contributed by atoms with Gasteiger partial charge in [-0.15, -0.1) is 0 Å². The number of hydrogen-bond donors (Lipinski definition) is 0. The van der Waals surface area contributed by atoms with Crippen molar-refractivity contribution in [3.63, 3.8) is 0 Å². The summed E-state index contributed by atoms with van der Waals surface area (Å²) in [5.74, 6) is 0. The van der Waals surface area contributed by atoms with E-state index in [1.165, 1.54) is 6.07 Å². The van der Waals surface area contributed by atoms with Crippen LogP contribution < -0.4 is 0 Å². The summed E-state index contributed by atoms with van der Waals surface area (Å²) in [5.41, 5.74) is -1.33. The van der Waals surface area contributed by atoms with Crippen LogP contribution in [0.1, 0.15) is 9.68 Å². The lowest BCUT2D eigenvalue weighted by molar-refractivity contribution is -0.384. The molecule has 0 saturated carbocycles. The summed E-state index contributed by atoms with van der Waals surface area (Å²) in [6.07, 6.45) is 0. The van der Waals surface area contributed by atoms with Gasteiger partial charge in [0, 0.05) is 6.04 Å². The molecule has 0 bridgehead atoms. The van der Waals surface area contributed by atoms with Gasteiger partial charge < -0.3 is 0 Å². The zero-order valence-electron chi connectivity index (χ0n) is 8.59. The van der Waals surface area contributed by atoms with Crippen molar-refractivity contribution in [3.8, 4) is 6.07 Å². The first kappa shape index (κ1) is 5.12. The number of nitrogens with zero attached hydrogens (tertiary/aromatic N) is 2. The van der Waals surface area contributed by atoms with Gasteiger partial charge in [0.1, 0.15) is 5.02 Å². The summed E-state index contributed by atoms with van der Waals surface area (Å²) in [4.78, 5) is 9.58. The van der Waals surface area contributed by atoms with Gasteiger partial charge in [-0.2, -0.15) is 5.26 Å². The van der Waals surface area contributed by atoms with Gasteiger partial charge in [-0.3, -0.25) is 10.1 Å². The predicted octanol–water partition coefficient (Wildman–Crippen LogP) is 2.12. The van der Waals surface area contributed by atoms with Crippen LogP contribution in [0.25, 0.3) is 0 Å². The van der Waals surface area contributed by atoms with E-state index in [1.807, 2.05) is 0 Å². The molecule has 0 aliphatic carbocycles. The summed E-state index contributed by atoms with van der Waals surface area (Å²) < 4.78 is 21.8. The largest absolute Gasteiger partial charge is 0.289 e. The van der Waals surface area contributed by atoms with Crippen LogP contribution in [0.2, 0.25) is 5.02 Å². The fourth-order valence-electron chi connectivity index (χ4n) is 0.563. The Morgan fingerprint density at radius 1 is 1.75 bits per heavy atom. The molecule has 0 heterocycles. The van der Waals surface area contributed by atoms with Gasteiger partial charge in [0.05, 0.1) is 20.7 Å². The number of rotatable bonds is 1. The van der Waals surface area contributed by atoms with Crippen LogP contribution in [-0.2, 0) is 0 Å². The lowest BCUT2D eigenvalue weighted by Gasteiger charge is -1.93. The highest BCUT2D eigenvalue weighted by atomic mass is 35.5. The zero-order valence-corrected chi connectivity index (χ0v) is 6.34. The van der Waals surface area contributed by atoms with Crippen LogP contribution in [-0.4, -0.2) is 4.92 Å². The predicted molar refractivity (Wildman–Crippen MR) is 42.8 cm³/mol. The third kappa shape index (κ3) is 1.52. The molecule has 0 aromatic heterocycles. The maximum Gasteiger partial charge on any atom is 0.289 e. The molecule has 0 aliphatic heterocycles. The summed E-state index contributed by atoms with van der Waals surface area (Å²) in [6, 6.07) is -0.446. The van der Waals surface area contributed by atoms with Crippen LogP contribution in [0.5, 0.6) is 0 Å². The van der Waals surface area contributed by atoms with Crippen molar-refractivity contribution >= 4 is 17.3 Å². The molecule has 1 rings (SSSR count). The van der Waals surface area contributed by atoms with Gasteiger partial charge in [-0.25, -0.2) is 0 Å². The Hall–Kier alpha value is -1.60. The SMILES string of the molecule is [2H]c1c([2H])c(C#N)c([2H])c([N+](=O)[O-])c1Cl. The van der Waals surface area contributed by atoms with Crippen LogP contribution in [0.4, 0.5) is 5.69 Å². The van der Waals surface area contributed by atoms with E-state index in [4.69, 9.17) is 21.0 Å². The quantitative estimate of drug-likeness (QED) is 0.497. The second kappa shape index (κ2) is 3.20. The minimum Gasteiger partial charge on any atom is -0.258 e. The molecule has 0 N–H and O–H groups in total. The molecule has 0 aliphatic rings. The van der Waals surface area contributed by atoms with E-state index in [-0.39, 0.29) is 0 Å². The first-order valence-electron chi connectivity index (χ1n) is 4.25. The third-order valence-electron chi connectivity index (χ3n) is 1.04. The minimum absolute atomic E-state index is 0.517. The number of hydrogen-bond acceptors (Lipinski definition) is 3. The van der Waals surface area contributed by atoms with Crippen molar-refractivity contribution in [1.29, 1.82) is 5.26 Å². The molecular weight excluding hydrogens is 180 g/mol. The number of nitriles is 1. The highest BCUT2D eigenvalue weighted by molar-refractivity contribution is 6.32. The molecule has 0 atom stereocenters. The maximum absolute atomic E-state index is 10.5. The van der Waals surface area contributed by atoms with E-state index >= 15 is 0 Å². The average molecular weight is 186 g/mol. The summed E-state index contributed by atoms with van der Waals surface area (Å²) in [5, 5.41) is 18.5. The second-order valence-corrected chi connectivity index (χ2v) is 2.16. The Bertz CT molecular complexity index is 498. The Labute approximate surface area is 77.4 Å². The van der Waals surface area contributed by atoms with Gasteiger partial charge in [-0.05, 0) is 12.1 Å². The lowest BCUT2D eigenvalue weighted by atomic mass is 10.2. The fraction of sp³-hybridized carbons (Fsp3) is 0. The third-order valence-corrected chi connectivity index (χ3v) is 1.32. The normalized spacial score (nSPS) is 12.5. The number of nitro groups is 1. The molecule has 60 valence electrons. The Morgan fingerprint density at radius 3 is 2.92 bits per heavy atom. The van der Waals surface area contributed by atoms with Crippen molar-refractivity contribution in [3.05, 3.63) is 38.8 Å². The molecule has 1 aromatic carbocycles. The molecule has 5 heteroatoms. The van der Waals surface area contributed by atoms with Crippen molar-refractivity contribution in [2.24, 2.45) is 0 Å². The topological polar surface area (TPSA) is 66.9 Å². The zero-order chi connectivity index (χ0) is 11.7. The lowest BCUT2D eigenvalue weighted by Crippen LogP contribution is -1.89. The van der Waals surface area contributed by atoms with Gasteiger partial charge >= 0.3 is 0 Å². The van der Waals surface area contributed by atoms with Crippen LogP contribution in [0.3, 0.4) is 0 Å². The second-order valence-electron chi connectivity index (χ2n) is 1.78. The molecule has 0 radical (unpaired) electrons. The van der Waals surface area contributed by atoms with E-state index in [9.17, 15) is 10.1 Å². The molecule has 0 spiro atoms. The van der Waals surface area contributed by atoms with E-state index in [0.29, 0.717) is 0 Å². The van der Waals surface area contributed by atoms with Crippen molar-refractivity contribution < 1.29 is 9.04 Å². The molecule has 12 heavy (non-hydrogen) atoms. The highest BCUT2D eigenvalue weighted by Gasteiger charge is 2.11. The molecule has 0 amide bonds. The summed E-state index contributed by atoms with van der Waals surface area (Å²) in [7, 11) is 0. The van der Waals surface area contributed by atoms with E-state index in [1.54, 1.807) is 0 Å². The molecule has 0 saturated heterocycles. The monoisotopic (exact) mass is 185 g/mol. The maximum atomic E-state index is 10.5. The van der Waals surface area contributed by atoms with Crippen LogP contribution >= 0.6 is 11.6 Å². The molecule has 0 unspecified atom stereocenters. The Kier molecular flexibility index (Phi) is 1.36. The van der Waals surface area contributed by atoms with Gasteiger partial charge in [0.25, 0.3) is 5.69 Å². The standard InChI is InChI=1S/C7H3ClN2O2/c8-6-2-1-5(4-9)3-7(6)10(11)12/h1-3H/i1D,2D,3D. The fourth-order valence-corrected chi connectivity index (χ4v) is 0.726. The van der Waals surface area contributed by atoms with Crippen molar-refractivity contribution in [2.75, 3.05) is 0 Å². The molecule has 4 nitrogen and oxygen atoms in total. The average Bonchev–Trinajstić information content (AvgIpc) is 2.15. The number of benzene rings is 1.